The minimum Gasteiger partial charge on any atom is -0.493 e. The molecule has 126 valence electrons. The molecule has 0 aromatic heterocycles. The highest BCUT2D eigenvalue weighted by molar-refractivity contribution is 5.85. The van der Waals surface area contributed by atoms with Gasteiger partial charge in [-0.25, -0.2) is 5.43 Å². The maximum absolute atomic E-state index is 11.8. The zero-order valence-corrected chi connectivity index (χ0v) is 14.0. The Morgan fingerprint density at radius 1 is 1.08 bits per heavy atom. The van der Waals surface area contributed by atoms with Crippen LogP contribution in [0.4, 0.5) is 0 Å². The fourth-order valence-corrected chi connectivity index (χ4v) is 2.05. The number of hydrogen-bond acceptors (Lipinski definition) is 4. The molecule has 2 rings (SSSR count). The molecule has 2 aromatic carbocycles. The second kappa shape index (κ2) is 9.35. The first-order valence-corrected chi connectivity index (χ1v) is 7.98. The molecule has 0 aliphatic heterocycles. The van der Waals surface area contributed by atoms with E-state index in [0.29, 0.717) is 12.4 Å². The smallest absolute Gasteiger partial charge is 0.277 e. The number of nitrogens with zero attached hydrogens (tertiary/aromatic N) is 1. The molecule has 1 amide bonds. The van der Waals surface area contributed by atoms with Crippen molar-refractivity contribution >= 4 is 12.1 Å². The first kappa shape index (κ1) is 17.5. The van der Waals surface area contributed by atoms with Crippen LogP contribution in [-0.2, 0) is 11.2 Å². The van der Waals surface area contributed by atoms with Gasteiger partial charge in [0.1, 0.15) is 11.5 Å². The molecular weight excluding hydrogens is 304 g/mol. The van der Waals surface area contributed by atoms with Crippen LogP contribution in [0.1, 0.15) is 25.0 Å². The topological polar surface area (TPSA) is 59.9 Å². The van der Waals surface area contributed by atoms with E-state index in [4.69, 9.17) is 9.47 Å². The maximum atomic E-state index is 11.8. The van der Waals surface area contributed by atoms with E-state index in [9.17, 15) is 4.79 Å². The molecule has 0 unspecified atom stereocenters. The fourth-order valence-electron chi connectivity index (χ4n) is 2.05. The van der Waals surface area contributed by atoms with Crippen molar-refractivity contribution in [3.63, 3.8) is 0 Å². The third-order valence-corrected chi connectivity index (χ3v) is 3.31. The molecule has 0 spiro atoms. The Labute approximate surface area is 142 Å². The molecule has 0 saturated carbocycles. The minimum absolute atomic E-state index is 0.0874. The lowest BCUT2D eigenvalue weighted by Gasteiger charge is -2.07. The van der Waals surface area contributed by atoms with Crippen molar-refractivity contribution in [1.29, 1.82) is 0 Å². The van der Waals surface area contributed by atoms with Crippen LogP contribution in [0, 0.1) is 0 Å². The number of hydrogen-bond donors (Lipinski definition) is 1. The molecule has 0 heterocycles. The van der Waals surface area contributed by atoms with Gasteiger partial charge in [-0.05, 0) is 43.2 Å². The van der Waals surface area contributed by atoms with Crippen LogP contribution in [0.5, 0.6) is 11.5 Å². The number of ether oxygens (including phenoxy) is 2. The number of carbonyl (C=O) groups is 1. The standard InChI is InChI=1S/C19H22N2O3/c1-3-15-9-11-17(12-10-15)24-14-19(22)21-20-13-16-7-5-6-8-18(16)23-4-2/h5-13H,3-4,14H2,1-2H3,(H,21,22)/b20-13+. The number of para-hydroxylation sites is 1. The molecular formula is C19H22N2O3. The van der Waals surface area contributed by atoms with Gasteiger partial charge in [0.25, 0.3) is 5.91 Å². The van der Waals surface area contributed by atoms with Crippen LogP contribution < -0.4 is 14.9 Å². The monoisotopic (exact) mass is 326 g/mol. The third-order valence-electron chi connectivity index (χ3n) is 3.31. The summed E-state index contributed by atoms with van der Waals surface area (Å²) in [6.07, 6.45) is 2.53. The molecule has 2 aromatic rings. The summed E-state index contributed by atoms with van der Waals surface area (Å²) in [5.74, 6) is 1.07. The highest BCUT2D eigenvalue weighted by Crippen LogP contribution is 2.15. The van der Waals surface area contributed by atoms with Gasteiger partial charge in [0.2, 0.25) is 0 Å². The van der Waals surface area contributed by atoms with Crippen LogP contribution in [0.2, 0.25) is 0 Å². The molecule has 0 aliphatic rings. The van der Waals surface area contributed by atoms with Gasteiger partial charge in [0.15, 0.2) is 6.61 Å². The van der Waals surface area contributed by atoms with Crippen molar-refractivity contribution in [2.75, 3.05) is 13.2 Å². The molecule has 1 N–H and O–H groups in total. The van der Waals surface area contributed by atoms with E-state index in [1.807, 2.05) is 55.5 Å². The maximum Gasteiger partial charge on any atom is 0.277 e. The van der Waals surface area contributed by atoms with E-state index in [-0.39, 0.29) is 12.5 Å². The molecule has 5 nitrogen and oxygen atoms in total. The van der Waals surface area contributed by atoms with Gasteiger partial charge in [-0.2, -0.15) is 5.10 Å². The third kappa shape index (κ3) is 5.43. The summed E-state index contributed by atoms with van der Waals surface area (Å²) < 4.78 is 10.9. The van der Waals surface area contributed by atoms with Crippen molar-refractivity contribution in [3.05, 3.63) is 59.7 Å². The number of nitrogens with one attached hydrogen (secondary N) is 1. The SMILES string of the molecule is CCOc1ccccc1/C=N/NC(=O)COc1ccc(CC)cc1. The van der Waals surface area contributed by atoms with Crippen molar-refractivity contribution < 1.29 is 14.3 Å². The summed E-state index contributed by atoms with van der Waals surface area (Å²) >= 11 is 0. The van der Waals surface area contributed by atoms with Gasteiger partial charge in [-0.1, -0.05) is 31.2 Å². The number of benzene rings is 2. The van der Waals surface area contributed by atoms with E-state index in [1.54, 1.807) is 6.21 Å². The Hall–Kier alpha value is -2.82. The summed E-state index contributed by atoms with van der Waals surface area (Å²) in [5.41, 5.74) is 4.47. The molecule has 24 heavy (non-hydrogen) atoms. The lowest BCUT2D eigenvalue weighted by molar-refractivity contribution is -0.123. The number of carbonyl (C=O) groups excluding carboxylic acids is 1. The van der Waals surface area contributed by atoms with E-state index in [1.165, 1.54) is 5.56 Å². The minimum atomic E-state index is -0.320. The Kier molecular flexibility index (Phi) is 6.83. The van der Waals surface area contributed by atoms with Crippen molar-refractivity contribution in [3.8, 4) is 11.5 Å². The molecule has 0 aliphatic carbocycles. The van der Waals surface area contributed by atoms with Crippen LogP contribution in [0.15, 0.2) is 53.6 Å². The second-order valence-corrected chi connectivity index (χ2v) is 5.05. The van der Waals surface area contributed by atoms with Gasteiger partial charge >= 0.3 is 0 Å². The van der Waals surface area contributed by atoms with E-state index in [2.05, 4.69) is 17.5 Å². The van der Waals surface area contributed by atoms with Crippen LogP contribution in [-0.4, -0.2) is 25.3 Å². The first-order valence-electron chi connectivity index (χ1n) is 7.98. The number of amides is 1. The van der Waals surface area contributed by atoms with E-state index in [0.717, 1.165) is 17.7 Å². The zero-order valence-electron chi connectivity index (χ0n) is 14.0. The lowest BCUT2D eigenvalue weighted by Crippen LogP contribution is -2.24. The Balaban J connectivity index is 1.82. The number of hydrazone groups is 1. The highest BCUT2D eigenvalue weighted by Gasteiger charge is 2.02. The predicted molar refractivity (Wildman–Crippen MR) is 94.7 cm³/mol. The molecule has 0 radical (unpaired) electrons. The van der Waals surface area contributed by atoms with Crippen molar-refractivity contribution in [2.24, 2.45) is 5.10 Å². The van der Waals surface area contributed by atoms with Gasteiger partial charge in [-0.3, -0.25) is 4.79 Å². The quantitative estimate of drug-likeness (QED) is 0.599. The second-order valence-electron chi connectivity index (χ2n) is 5.05. The van der Waals surface area contributed by atoms with E-state index < -0.39 is 0 Å². The Morgan fingerprint density at radius 3 is 2.54 bits per heavy atom. The first-order chi connectivity index (χ1) is 11.7. The van der Waals surface area contributed by atoms with Crippen molar-refractivity contribution in [2.45, 2.75) is 20.3 Å². The fraction of sp³-hybridized carbons (Fsp3) is 0.263. The predicted octanol–water partition coefficient (Wildman–Crippen LogP) is 3.18. The Morgan fingerprint density at radius 2 is 1.83 bits per heavy atom. The Bertz CT molecular complexity index is 681. The molecule has 5 heteroatoms. The normalized spacial score (nSPS) is 10.6. The average Bonchev–Trinajstić information content (AvgIpc) is 2.62. The summed E-state index contributed by atoms with van der Waals surface area (Å²) in [7, 11) is 0. The van der Waals surface area contributed by atoms with Gasteiger partial charge in [0.05, 0.1) is 12.8 Å². The summed E-state index contributed by atoms with van der Waals surface area (Å²) in [5, 5.41) is 3.94. The summed E-state index contributed by atoms with van der Waals surface area (Å²) in [6.45, 7) is 4.49. The van der Waals surface area contributed by atoms with Crippen LogP contribution >= 0.6 is 0 Å². The zero-order chi connectivity index (χ0) is 17.2. The molecule has 0 saturated heterocycles. The number of rotatable bonds is 8. The highest BCUT2D eigenvalue weighted by atomic mass is 16.5. The van der Waals surface area contributed by atoms with Crippen LogP contribution in [0.25, 0.3) is 0 Å². The van der Waals surface area contributed by atoms with Gasteiger partial charge in [-0.15, -0.1) is 0 Å². The van der Waals surface area contributed by atoms with E-state index >= 15 is 0 Å². The average molecular weight is 326 g/mol. The van der Waals surface area contributed by atoms with Gasteiger partial charge < -0.3 is 9.47 Å². The van der Waals surface area contributed by atoms with Crippen molar-refractivity contribution in [1.82, 2.24) is 5.43 Å². The molecule has 0 atom stereocenters. The van der Waals surface area contributed by atoms with Gasteiger partial charge in [0, 0.05) is 5.56 Å². The number of aryl methyl sites for hydroxylation is 1. The largest absolute Gasteiger partial charge is 0.493 e. The summed E-state index contributed by atoms with van der Waals surface area (Å²) in [6, 6.07) is 15.2. The van der Waals surface area contributed by atoms with Crippen LogP contribution in [0.3, 0.4) is 0 Å². The summed E-state index contributed by atoms with van der Waals surface area (Å²) in [4.78, 5) is 11.8. The molecule has 0 fully saturated rings. The lowest BCUT2D eigenvalue weighted by atomic mass is 10.2. The molecule has 0 bridgehead atoms.